The smallest absolute Gasteiger partial charge is 0.333 e. The topological polar surface area (TPSA) is 83.8 Å². The Balaban J connectivity index is 1.90. The largest absolute Gasteiger partial charge is 0.481 e. The molecule has 5 heteroatoms. The van der Waals surface area contributed by atoms with Gasteiger partial charge in [-0.2, -0.15) is 0 Å². The van der Waals surface area contributed by atoms with Crippen molar-refractivity contribution in [1.82, 2.24) is 0 Å². The zero-order valence-corrected chi connectivity index (χ0v) is 15.2. The summed E-state index contributed by atoms with van der Waals surface area (Å²) < 4.78 is 4.78. The molecule has 0 aromatic carbocycles. The van der Waals surface area contributed by atoms with Crippen LogP contribution in [0.5, 0.6) is 0 Å². The van der Waals surface area contributed by atoms with Crippen molar-refractivity contribution in [3.8, 4) is 0 Å². The van der Waals surface area contributed by atoms with E-state index in [1.165, 1.54) is 6.08 Å². The number of hydrogen-bond acceptors (Lipinski definition) is 4. The molecule has 0 saturated heterocycles. The number of allylic oxidation sites excluding steroid dienone is 1. The second kappa shape index (κ2) is 6.27. The van der Waals surface area contributed by atoms with E-state index in [2.05, 4.69) is 19.9 Å². The number of carbonyl (C=O) groups is 2. The average molecular weight is 348 g/mol. The zero-order valence-electron chi connectivity index (χ0n) is 15.2. The van der Waals surface area contributed by atoms with Crippen molar-refractivity contribution in [2.75, 3.05) is 0 Å². The van der Waals surface area contributed by atoms with Crippen LogP contribution in [0.1, 0.15) is 59.3 Å². The van der Waals surface area contributed by atoms with E-state index in [-0.39, 0.29) is 11.3 Å². The molecule has 25 heavy (non-hydrogen) atoms. The standard InChI is InChI=1S/C20H28O5/c1-12-7-10-20(18(23)24)13(2)5-4-6-15(20)19(12,3)9-8-14-11-16(21)25-17(14)22/h5,11-12,15,17,22H,4,6-10H2,1-3H3,(H,23,24)/t12-,15+,17+,19-,20-/m1/s1. The Morgan fingerprint density at radius 2 is 2.12 bits per heavy atom. The normalized spacial score (nSPS) is 40.8. The van der Waals surface area contributed by atoms with Crippen molar-refractivity contribution < 1.29 is 24.5 Å². The maximum atomic E-state index is 12.3. The Kier molecular flexibility index (Phi) is 4.56. The summed E-state index contributed by atoms with van der Waals surface area (Å²) in [5.74, 6) is -0.739. The molecule has 1 heterocycles. The first kappa shape index (κ1) is 18.2. The first-order chi connectivity index (χ1) is 11.7. The Labute approximate surface area is 148 Å². The molecular formula is C20H28O5. The highest BCUT2D eigenvalue weighted by atomic mass is 16.6. The lowest BCUT2D eigenvalue weighted by atomic mass is 9.46. The van der Waals surface area contributed by atoms with Crippen molar-refractivity contribution >= 4 is 11.9 Å². The molecule has 0 aromatic rings. The number of carboxylic acids is 1. The molecule has 5 nitrogen and oxygen atoms in total. The minimum Gasteiger partial charge on any atom is -0.481 e. The number of carbonyl (C=O) groups excluding carboxylic acids is 1. The van der Waals surface area contributed by atoms with Gasteiger partial charge >= 0.3 is 11.9 Å². The van der Waals surface area contributed by atoms with Gasteiger partial charge in [-0.05, 0) is 62.7 Å². The maximum absolute atomic E-state index is 12.3. The van der Waals surface area contributed by atoms with Gasteiger partial charge in [-0.25, -0.2) is 4.79 Å². The number of hydrogen-bond donors (Lipinski definition) is 2. The summed E-state index contributed by atoms with van der Waals surface area (Å²) in [6, 6.07) is 0. The number of rotatable bonds is 4. The van der Waals surface area contributed by atoms with Crippen LogP contribution in [0.25, 0.3) is 0 Å². The molecule has 0 amide bonds. The fourth-order valence-corrected chi connectivity index (χ4v) is 5.45. The molecule has 2 N–H and O–H groups in total. The number of aliphatic carboxylic acids is 1. The van der Waals surface area contributed by atoms with E-state index in [9.17, 15) is 19.8 Å². The van der Waals surface area contributed by atoms with E-state index in [1.807, 2.05) is 6.92 Å². The third kappa shape index (κ3) is 2.73. The number of aliphatic hydroxyl groups excluding tert-OH is 1. The molecule has 0 spiro atoms. The Morgan fingerprint density at radius 3 is 2.72 bits per heavy atom. The molecule has 0 unspecified atom stereocenters. The van der Waals surface area contributed by atoms with E-state index in [0.29, 0.717) is 24.3 Å². The number of ether oxygens (including phenoxy) is 1. The second-order valence-electron chi connectivity index (χ2n) is 8.25. The summed E-state index contributed by atoms with van der Waals surface area (Å²) in [7, 11) is 0. The van der Waals surface area contributed by atoms with Crippen LogP contribution < -0.4 is 0 Å². The Morgan fingerprint density at radius 1 is 1.40 bits per heavy atom. The second-order valence-corrected chi connectivity index (χ2v) is 8.25. The lowest BCUT2D eigenvalue weighted by Crippen LogP contribution is -2.54. The van der Waals surface area contributed by atoms with Gasteiger partial charge in [-0.1, -0.05) is 25.5 Å². The van der Waals surface area contributed by atoms with Gasteiger partial charge in [0.1, 0.15) is 0 Å². The predicted molar refractivity (Wildman–Crippen MR) is 92.5 cm³/mol. The SMILES string of the molecule is CC1=CCC[C@@H]2[C@@]1(C(=O)O)CC[C@@H](C)[C@@]2(C)CCC1=CC(=O)O[C@@H]1O. The van der Waals surface area contributed by atoms with Gasteiger partial charge in [0.05, 0.1) is 5.41 Å². The summed E-state index contributed by atoms with van der Waals surface area (Å²) in [5, 5.41) is 20.0. The molecule has 3 rings (SSSR count). The van der Waals surface area contributed by atoms with Gasteiger partial charge in [0, 0.05) is 11.6 Å². The molecule has 0 bridgehead atoms. The van der Waals surface area contributed by atoms with Crippen LogP contribution >= 0.6 is 0 Å². The molecule has 3 aliphatic rings. The van der Waals surface area contributed by atoms with Gasteiger partial charge < -0.3 is 14.9 Å². The van der Waals surface area contributed by atoms with Gasteiger partial charge in [0.15, 0.2) is 0 Å². The number of fused-ring (bicyclic) bond motifs is 1. The molecule has 1 fully saturated rings. The van der Waals surface area contributed by atoms with Crippen molar-refractivity contribution in [3.63, 3.8) is 0 Å². The highest BCUT2D eigenvalue weighted by molar-refractivity contribution is 5.85. The van der Waals surface area contributed by atoms with Crippen LogP contribution in [0.4, 0.5) is 0 Å². The molecule has 1 aliphatic heterocycles. The highest BCUT2D eigenvalue weighted by Crippen LogP contribution is 2.62. The quantitative estimate of drug-likeness (QED) is 0.601. The lowest BCUT2D eigenvalue weighted by molar-refractivity contribution is -0.162. The van der Waals surface area contributed by atoms with Crippen LogP contribution in [0.15, 0.2) is 23.3 Å². The summed E-state index contributed by atoms with van der Waals surface area (Å²) in [6.07, 6.45) is 6.99. The minimum absolute atomic E-state index is 0.0713. The number of esters is 1. The van der Waals surface area contributed by atoms with E-state index in [4.69, 9.17) is 4.74 Å². The first-order valence-corrected chi connectivity index (χ1v) is 9.21. The molecular weight excluding hydrogens is 320 g/mol. The molecule has 2 aliphatic carbocycles. The van der Waals surface area contributed by atoms with Crippen molar-refractivity contribution in [3.05, 3.63) is 23.3 Å². The van der Waals surface area contributed by atoms with E-state index >= 15 is 0 Å². The van der Waals surface area contributed by atoms with Gasteiger partial charge in [0.25, 0.3) is 0 Å². The molecule has 0 aromatic heterocycles. The Bertz CT molecular complexity index is 648. The van der Waals surface area contributed by atoms with Crippen molar-refractivity contribution in [1.29, 1.82) is 0 Å². The van der Waals surface area contributed by atoms with E-state index < -0.39 is 23.6 Å². The fourth-order valence-electron chi connectivity index (χ4n) is 5.45. The first-order valence-electron chi connectivity index (χ1n) is 9.21. The van der Waals surface area contributed by atoms with Crippen LogP contribution in [-0.2, 0) is 14.3 Å². The minimum atomic E-state index is -1.15. The molecule has 1 saturated carbocycles. The van der Waals surface area contributed by atoms with Crippen LogP contribution in [0.3, 0.4) is 0 Å². The summed E-state index contributed by atoms with van der Waals surface area (Å²) in [6.45, 7) is 6.37. The van der Waals surface area contributed by atoms with E-state index in [0.717, 1.165) is 31.3 Å². The van der Waals surface area contributed by atoms with Crippen LogP contribution in [-0.4, -0.2) is 28.4 Å². The molecule has 0 radical (unpaired) electrons. The third-order valence-corrected chi connectivity index (χ3v) is 7.28. The average Bonchev–Trinajstić information content (AvgIpc) is 2.87. The van der Waals surface area contributed by atoms with Crippen molar-refractivity contribution in [2.45, 2.75) is 65.6 Å². The third-order valence-electron chi connectivity index (χ3n) is 7.28. The van der Waals surface area contributed by atoms with Crippen molar-refractivity contribution in [2.24, 2.45) is 22.7 Å². The van der Waals surface area contributed by atoms with Crippen LogP contribution in [0.2, 0.25) is 0 Å². The zero-order chi connectivity index (χ0) is 18.4. The summed E-state index contributed by atoms with van der Waals surface area (Å²) in [5.41, 5.74) is 0.674. The lowest BCUT2D eigenvalue weighted by Gasteiger charge is -2.57. The molecule has 5 atom stereocenters. The summed E-state index contributed by atoms with van der Waals surface area (Å²) >= 11 is 0. The number of aliphatic hydroxyl groups is 1. The monoisotopic (exact) mass is 348 g/mol. The van der Waals surface area contributed by atoms with Gasteiger partial charge in [-0.15, -0.1) is 0 Å². The fraction of sp³-hybridized carbons (Fsp3) is 0.700. The van der Waals surface area contributed by atoms with Crippen LogP contribution in [0, 0.1) is 22.7 Å². The molecule has 138 valence electrons. The summed E-state index contributed by atoms with van der Waals surface area (Å²) in [4.78, 5) is 23.6. The number of cyclic esters (lactones) is 1. The van der Waals surface area contributed by atoms with E-state index in [1.54, 1.807) is 0 Å². The van der Waals surface area contributed by atoms with Gasteiger partial charge in [0.2, 0.25) is 6.29 Å². The maximum Gasteiger partial charge on any atom is 0.333 e. The Hall–Kier alpha value is -1.62. The predicted octanol–water partition coefficient (Wildman–Crippen LogP) is 3.43. The highest BCUT2D eigenvalue weighted by Gasteiger charge is 2.59. The van der Waals surface area contributed by atoms with Gasteiger partial charge in [-0.3, -0.25) is 4.79 Å². The number of carboxylic acid groups (broad SMARTS) is 1.